The number of anilines is 2. The number of thioether (sulfide) groups is 1. The Kier molecular flexibility index (Phi) is 7.01. The monoisotopic (exact) mass is 490 g/mol. The van der Waals surface area contributed by atoms with E-state index in [9.17, 15) is 9.18 Å². The molecule has 0 unspecified atom stereocenters. The molecule has 1 aliphatic heterocycles. The Morgan fingerprint density at radius 2 is 1.63 bits per heavy atom. The van der Waals surface area contributed by atoms with Crippen molar-refractivity contribution in [2.75, 3.05) is 36.5 Å². The quantitative estimate of drug-likeness (QED) is 0.389. The van der Waals surface area contributed by atoms with E-state index in [1.165, 1.54) is 23.9 Å². The molecule has 0 bridgehead atoms. The van der Waals surface area contributed by atoms with E-state index in [2.05, 4.69) is 25.7 Å². The summed E-state index contributed by atoms with van der Waals surface area (Å²) in [5.74, 6) is 0.141. The summed E-state index contributed by atoms with van der Waals surface area (Å²) < 4.78 is 20.1. The van der Waals surface area contributed by atoms with E-state index in [0.29, 0.717) is 16.5 Å². The van der Waals surface area contributed by atoms with E-state index in [4.69, 9.17) is 4.74 Å². The van der Waals surface area contributed by atoms with Crippen LogP contribution in [0.2, 0.25) is 0 Å². The second-order valence-corrected chi connectivity index (χ2v) is 8.88. The Hall–Kier alpha value is -3.76. The lowest BCUT2D eigenvalue weighted by Crippen LogP contribution is -2.36. The van der Waals surface area contributed by atoms with Crippen LogP contribution in [-0.4, -0.2) is 52.4 Å². The molecule has 178 valence electrons. The van der Waals surface area contributed by atoms with Crippen LogP contribution < -0.4 is 10.2 Å². The highest BCUT2D eigenvalue weighted by Crippen LogP contribution is 2.23. The molecule has 35 heavy (non-hydrogen) atoms. The predicted molar refractivity (Wildman–Crippen MR) is 133 cm³/mol. The zero-order chi connectivity index (χ0) is 24.0. The lowest BCUT2D eigenvalue weighted by molar-refractivity contribution is 0.102. The van der Waals surface area contributed by atoms with Crippen molar-refractivity contribution in [1.29, 1.82) is 0 Å². The number of hydrogen-bond donors (Lipinski definition) is 1. The number of nitrogens with one attached hydrogen (secondary N) is 1. The molecule has 10 heteroatoms. The van der Waals surface area contributed by atoms with Gasteiger partial charge in [0, 0.05) is 35.8 Å². The summed E-state index contributed by atoms with van der Waals surface area (Å²) in [6, 6.07) is 21.2. The van der Waals surface area contributed by atoms with Crippen LogP contribution in [0.15, 0.2) is 78.0 Å². The first kappa shape index (κ1) is 23.0. The van der Waals surface area contributed by atoms with Gasteiger partial charge in [-0.2, -0.15) is 4.68 Å². The number of nitrogens with zero attached hydrogens (tertiary/aromatic N) is 5. The van der Waals surface area contributed by atoms with Gasteiger partial charge in [0.05, 0.1) is 18.9 Å². The molecule has 0 aliphatic carbocycles. The van der Waals surface area contributed by atoms with Gasteiger partial charge in [0.2, 0.25) is 5.16 Å². The third-order valence-electron chi connectivity index (χ3n) is 5.60. The lowest BCUT2D eigenvalue weighted by Gasteiger charge is -2.28. The summed E-state index contributed by atoms with van der Waals surface area (Å²) in [6.07, 6.45) is 0. The van der Waals surface area contributed by atoms with Crippen molar-refractivity contribution in [3.63, 3.8) is 0 Å². The number of aromatic nitrogens is 4. The van der Waals surface area contributed by atoms with Crippen molar-refractivity contribution < 1.29 is 13.9 Å². The van der Waals surface area contributed by atoms with Crippen molar-refractivity contribution in [1.82, 2.24) is 20.2 Å². The summed E-state index contributed by atoms with van der Waals surface area (Å²) in [4.78, 5) is 15.0. The molecule has 0 atom stereocenters. The summed E-state index contributed by atoms with van der Waals surface area (Å²) in [7, 11) is 0. The zero-order valence-electron chi connectivity index (χ0n) is 18.8. The first-order valence-electron chi connectivity index (χ1n) is 11.2. The maximum atomic E-state index is 13.1. The first-order valence-corrected chi connectivity index (χ1v) is 12.1. The smallest absolute Gasteiger partial charge is 0.255 e. The number of halogens is 1. The lowest BCUT2D eigenvalue weighted by atomic mass is 10.2. The maximum Gasteiger partial charge on any atom is 0.255 e. The Morgan fingerprint density at radius 3 is 2.34 bits per heavy atom. The van der Waals surface area contributed by atoms with Crippen LogP contribution in [0.5, 0.6) is 0 Å². The Labute approximate surface area is 206 Å². The number of ether oxygens (including phenoxy) is 1. The minimum absolute atomic E-state index is 0.196. The average molecular weight is 491 g/mol. The third-order valence-corrected chi connectivity index (χ3v) is 6.59. The van der Waals surface area contributed by atoms with Gasteiger partial charge in [-0.15, -0.1) is 5.10 Å². The molecule has 1 amide bonds. The fourth-order valence-electron chi connectivity index (χ4n) is 3.69. The van der Waals surface area contributed by atoms with Crippen molar-refractivity contribution in [3.8, 4) is 5.69 Å². The van der Waals surface area contributed by atoms with Crippen LogP contribution in [0.3, 0.4) is 0 Å². The summed E-state index contributed by atoms with van der Waals surface area (Å²) >= 11 is 1.45. The van der Waals surface area contributed by atoms with Crippen LogP contribution >= 0.6 is 11.8 Å². The van der Waals surface area contributed by atoms with E-state index in [1.54, 1.807) is 41.1 Å². The van der Waals surface area contributed by atoms with E-state index in [0.717, 1.165) is 48.9 Å². The molecule has 1 aliphatic rings. The Balaban J connectivity index is 1.21. The van der Waals surface area contributed by atoms with Gasteiger partial charge in [0.1, 0.15) is 5.82 Å². The van der Waals surface area contributed by atoms with Crippen LogP contribution in [0, 0.1) is 5.82 Å². The topological polar surface area (TPSA) is 85.2 Å². The number of rotatable bonds is 7. The van der Waals surface area contributed by atoms with Gasteiger partial charge >= 0.3 is 0 Å². The molecule has 2 heterocycles. The molecular weight excluding hydrogens is 467 g/mol. The minimum atomic E-state index is -0.266. The van der Waals surface area contributed by atoms with Crippen LogP contribution in [0.4, 0.5) is 15.8 Å². The van der Waals surface area contributed by atoms with E-state index in [1.807, 2.05) is 24.3 Å². The summed E-state index contributed by atoms with van der Waals surface area (Å²) in [6.45, 7) is 3.19. The third kappa shape index (κ3) is 5.67. The normalized spacial score (nSPS) is 13.6. The number of carbonyl (C=O) groups excluding carboxylic acids is 1. The highest BCUT2D eigenvalue weighted by atomic mass is 32.2. The van der Waals surface area contributed by atoms with E-state index in [-0.39, 0.29) is 11.7 Å². The minimum Gasteiger partial charge on any atom is -0.378 e. The standard InChI is InChI=1S/C25H23FN6O2S/c26-20-5-1-18(2-6-20)17-35-25-28-29-30-32(25)23-9-3-19(4-10-23)24(33)27-21-7-11-22(12-8-21)31-13-15-34-16-14-31/h1-12H,13-17H2,(H,27,33). The molecule has 1 saturated heterocycles. The molecule has 8 nitrogen and oxygen atoms in total. The highest BCUT2D eigenvalue weighted by Gasteiger charge is 2.13. The molecule has 0 saturated carbocycles. The van der Waals surface area contributed by atoms with Crippen molar-refractivity contribution in [3.05, 3.63) is 89.7 Å². The van der Waals surface area contributed by atoms with Crippen LogP contribution in [-0.2, 0) is 10.5 Å². The number of carbonyl (C=O) groups is 1. The molecule has 0 radical (unpaired) electrons. The molecule has 1 fully saturated rings. The molecule has 3 aromatic carbocycles. The van der Waals surface area contributed by atoms with Gasteiger partial charge in [0.25, 0.3) is 5.91 Å². The SMILES string of the molecule is O=C(Nc1ccc(N2CCOCC2)cc1)c1ccc(-n2nnnc2SCc2ccc(F)cc2)cc1. The largest absolute Gasteiger partial charge is 0.378 e. The highest BCUT2D eigenvalue weighted by molar-refractivity contribution is 7.98. The van der Waals surface area contributed by atoms with E-state index < -0.39 is 0 Å². The van der Waals surface area contributed by atoms with Crippen molar-refractivity contribution in [2.24, 2.45) is 0 Å². The second-order valence-electron chi connectivity index (χ2n) is 7.94. The van der Waals surface area contributed by atoms with Gasteiger partial charge in [-0.05, 0) is 76.7 Å². The fraction of sp³-hybridized carbons (Fsp3) is 0.200. The van der Waals surface area contributed by atoms with Gasteiger partial charge in [-0.25, -0.2) is 4.39 Å². The maximum absolute atomic E-state index is 13.1. The number of morpholine rings is 1. The summed E-state index contributed by atoms with van der Waals surface area (Å²) in [5.41, 5.74) is 4.08. The van der Waals surface area contributed by atoms with Crippen LogP contribution in [0.25, 0.3) is 5.69 Å². The average Bonchev–Trinajstić information content (AvgIpc) is 3.38. The number of tetrazole rings is 1. The number of amides is 1. The van der Waals surface area contributed by atoms with Crippen molar-refractivity contribution >= 4 is 29.0 Å². The molecule has 0 spiro atoms. The van der Waals surface area contributed by atoms with Gasteiger partial charge < -0.3 is 15.0 Å². The first-order chi connectivity index (χ1) is 17.2. The molecule has 1 N–H and O–H groups in total. The number of hydrogen-bond acceptors (Lipinski definition) is 7. The van der Waals surface area contributed by atoms with E-state index >= 15 is 0 Å². The molecule has 4 aromatic rings. The summed E-state index contributed by atoms with van der Waals surface area (Å²) in [5, 5.41) is 15.5. The Bertz CT molecular complexity index is 1270. The fourth-order valence-corrected chi connectivity index (χ4v) is 4.54. The van der Waals surface area contributed by atoms with Gasteiger partial charge in [-0.1, -0.05) is 23.9 Å². The van der Waals surface area contributed by atoms with Crippen LogP contribution in [0.1, 0.15) is 15.9 Å². The second kappa shape index (κ2) is 10.7. The molecule has 5 rings (SSSR count). The molecule has 1 aromatic heterocycles. The molecular formula is C25H23FN6O2S. The van der Waals surface area contributed by atoms with Gasteiger partial charge in [0.15, 0.2) is 0 Å². The zero-order valence-corrected chi connectivity index (χ0v) is 19.6. The van der Waals surface area contributed by atoms with Crippen molar-refractivity contribution in [2.45, 2.75) is 10.9 Å². The van der Waals surface area contributed by atoms with Gasteiger partial charge in [-0.3, -0.25) is 4.79 Å². The Morgan fingerprint density at radius 1 is 0.943 bits per heavy atom. The predicted octanol–water partition coefficient (Wildman–Crippen LogP) is 4.18. The number of benzene rings is 3.